The van der Waals surface area contributed by atoms with Crippen molar-refractivity contribution in [1.82, 2.24) is 10.2 Å². The molecule has 4 heteroatoms. The lowest BCUT2D eigenvalue weighted by molar-refractivity contribution is 0.161. The van der Waals surface area contributed by atoms with Gasteiger partial charge in [0.2, 0.25) is 0 Å². The van der Waals surface area contributed by atoms with Crippen molar-refractivity contribution >= 4 is 0 Å². The molecule has 2 rings (SSSR count). The van der Waals surface area contributed by atoms with Gasteiger partial charge in [-0.1, -0.05) is 30.3 Å². The molecule has 21 heavy (non-hydrogen) atoms. The summed E-state index contributed by atoms with van der Waals surface area (Å²) in [5, 5.41) is 3.40. The molecule has 0 bridgehead atoms. The molecule has 114 valence electrons. The van der Waals surface area contributed by atoms with Crippen molar-refractivity contribution in [2.24, 2.45) is 0 Å². The van der Waals surface area contributed by atoms with Crippen molar-refractivity contribution in [1.29, 1.82) is 0 Å². The summed E-state index contributed by atoms with van der Waals surface area (Å²) in [6.07, 6.45) is 0. The van der Waals surface area contributed by atoms with E-state index in [0.717, 1.165) is 49.9 Å². The highest BCUT2D eigenvalue weighted by Gasteiger charge is 2.04. The number of rotatable bonds is 9. The molecule has 0 radical (unpaired) electrons. The number of furan rings is 1. The number of methoxy groups -OCH3 is 1. The predicted octanol–water partition coefficient (Wildman–Crippen LogP) is 2.61. The smallest absolute Gasteiger partial charge is 0.134 e. The van der Waals surface area contributed by atoms with Gasteiger partial charge in [0.25, 0.3) is 0 Å². The fourth-order valence-corrected chi connectivity index (χ4v) is 2.07. The molecule has 0 saturated carbocycles. The molecule has 1 aromatic heterocycles. The Balaban J connectivity index is 1.71. The van der Waals surface area contributed by atoms with E-state index in [9.17, 15) is 0 Å². The highest BCUT2D eigenvalue weighted by atomic mass is 16.5. The molecule has 0 saturated heterocycles. The van der Waals surface area contributed by atoms with E-state index in [2.05, 4.69) is 29.4 Å². The van der Waals surface area contributed by atoms with Gasteiger partial charge in [-0.2, -0.15) is 0 Å². The first-order valence-corrected chi connectivity index (χ1v) is 7.32. The second-order valence-corrected chi connectivity index (χ2v) is 5.10. The van der Waals surface area contributed by atoms with Gasteiger partial charge < -0.3 is 19.4 Å². The second-order valence-electron chi connectivity index (χ2n) is 5.10. The van der Waals surface area contributed by atoms with Crippen molar-refractivity contribution in [3.8, 4) is 11.3 Å². The van der Waals surface area contributed by atoms with Crippen molar-refractivity contribution < 1.29 is 9.15 Å². The van der Waals surface area contributed by atoms with Crippen molar-refractivity contribution in [2.75, 3.05) is 40.4 Å². The molecule has 0 unspecified atom stereocenters. The molecule has 4 nitrogen and oxygen atoms in total. The maximum Gasteiger partial charge on any atom is 0.134 e. The summed E-state index contributed by atoms with van der Waals surface area (Å²) in [4.78, 5) is 2.24. The summed E-state index contributed by atoms with van der Waals surface area (Å²) in [6, 6.07) is 14.2. The van der Waals surface area contributed by atoms with Crippen LogP contribution < -0.4 is 5.32 Å². The molecular weight excluding hydrogens is 264 g/mol. The highest BCUT2D eigenvalue weighted by molar-refractivity contribution is 5.57. The first-order valence-electron chi connectivity index (χ1n) is 7.32. The molecule has 1 aromatic carbocycles. The molecule has 0 aliphatic rings. The Morgan fingerprint density at radius 3 is 2.67 bits per heavy atom. The molecule has 0 aliphatic heterocycles. The summed E-state index contributed by atoms with van der Waals surface area (Å²) in [5.74, 6) is 1.89. The number of hydrogen-bond donors (Lipinski definition) is 1. The molecule has 0 amide bonds. The number of benzene rings is 1. The van der Waals surface area contributed by atoms with Gasteiger partial charge in [-0.25, -0.2) is 0 Å². The van der Waals surface area contributed by atoms with Crippen LogP contribution in [0.1, 0.15) is 5.76 Å². The maximum atomic E-state index is 5.85. The van der Waals surface area contributed by atoms with Crippen molar-refractivity contribution in [3.63, 3.8) is 0 Å². The maximum absolute atomic E-state index is 5.85. The molecule has 0 aliphatic carbocycles. The predicted molar refractivity (Wildman–Crippen MR) is 85.2 cm³/mol. The third-order valence-electron chi connectivity index (χ3n) is 3.37. The average molecular weight is 288 g/mol. The molecular formula is C17H24N2O2. The van der Waals surface area contributed by atoms with Gasteiger partial charge >= 0.3 is 0 Å². The van der Waals surface area contributed by atoms with Gasteiger partial charge in [-0.05, 0) is 19.2 Å². The second kappa shape index (κ2) is 8.62. The fraction of sp³-hybridized carbons (Fsp3) is 0.412. The van der Waals surface area contributed by atoms with Gasteiger partial charge in [0.05, 0.1) is 13.2 Å². The van der Waals surface area contributed by atoms with Crippen LogP contribution in [0.5, 0.6) is 0 Å². The number of likely N-dealkylation sites (N-methyl/N-ethyl adjacent to an activating group) is 1. The summed E-state index contributed by atoms with van der Waals surface area (Å²) in [6.45, 7) is 4.41. The van der Waals surface area contributed by atoms with Crippen molar-refractivity contribution in [2.45, 2.75) is 6.54 Å². The normalized spacial score (nSPS) is 11.2. The zero-order chi connectivity index (χ0) is 14.9. The Bertz CT molecular complexity index is 511. The van der Waals surface area contributed by atoms with Gasteiger partial charge in [0.1, 0.15) is 11.5 Å². The highest BCUT2D eigenvalue weighted by Crippen LogP contribution is 2.21. The van der Waals surface area contributed by atoms with Crippen LogP contribution in [0, 0.1) is 0 Å². The zero-order valence-electron chi connectivity index (χ0n) is 12.8. The summed E-state index contributed by atoms with van der Waals surface area (Å²) in [7, 11) is 3.83. The van der Waals surface area contributed by atoms with Gasteiger partial charge in [0.15, 0.2) is 0 Å². The summed E-state index contributed by atoms with van der Waals surface area (Å²) >= 11 is 0. The van der Waals surface area contributed by atoms with Crippen LogP contribution in [-0.4, -0.2) is 45.3 Å². The Labute approximate surface area is 126 Å². The van der Waals surface area contributed by atoms with E-state index in [1.807, 2.05) is 30.3 Å². The van der Waals surface area contributed by atoms with Crippen molar-refractivity contribution in [3.05, 3.63) is 48.2 Å². The zero-order valence-corrected chi connectivity index (χ0v) is 12.8. The Hall–Kier alpha value is -1.62. The summed E-state index contributed by atoms with van der Waals surface area (Å²) < 4.78 is 10.9. The average Bonchev–Trinajstić information content (AvgIpc) is 2.99. The quantitative estimate of drug-likeness (QED) is 0.720. The van der Waals surface area contributed by atoms with Crippen LogP contribution in [0.2, 0.25) is 0 Å². The lowest BCUT2D eigenvalue weighted by atomic mass is 10.2. The monoisotopic (exact) mass is 288 g/mol. The minimum absolute atomic E-state index is 0.755. The van der Waals surface area contributed by atoms with E-state index in [1.165, 1.54) is 0 Å². The number of ether oxygens (including phenoxy) is 1. The van der Waals surface area contributed by atoms with Gasteiger partial charge in [-0.3, -0.25) is 0 Å². The Kier molecular flexibility index (Phi) is 6.47. The third-order valence-corrected chi connectivity index (χ3v) is 3.37. The minimum atomic E-state index is 0.755. The number of nitrogens with zero attached hydrogens (tertiary/aromatic N) is 1. The van der Waals surface area contributed by atoms with E-state index < -0.39 is 0 Å². The lowest BCUT2D eigenvalue weighted by Crippen LogP contribution is -2.31. The van der Waals surface area contributed by atoms with Gasteiger partial charge in [0, 0.05) is 32.3 Å². The van der Waals surface area contributed by atoms with Crippen LogP contribution in [0.15, 0.2) is 46.9 Å². The van der Waals surface area contributed by atoms with Crippen LogP contribution in [0.25, 0.3) is 11.3 Å². The number of nitrogens with one attached hydrogen (secondary N) is 1. The first kappa shape index (κ1) is 15.8. The first-order chi connectivity index (χ1) is 10.3. The topological polar surface area (TPSA) is 37.6 Å². The summed E-state index contributed by atoms with van der Waals surface area (Å²) in [5.41, 5.74) is 1.11. The number of hydrogen-bond acceptors (Lipinski definition) is 4. The molecule has 1 heterocycles. The molecule has 1 N–H and O–H groups in total. The largest absolute Gasteiger partial charge is 0.460 e. The van der Waals surface area contributed by atoms with E-state index in [0.29, 0.717) is 0 Å². The standard InChI is InChI=1S/C17H24N2O2/c1-19(12-13-20-2)11-10-18-14-16-8-9-17(21-16)15-6-4-3-5-7-15/h3-9,18H,10-14H2,1-2H3. The van der Waals surface area contributed by atoms with Crippen LogP contribution in [0.4, 0.5) is 0 Å². The SMILES string of the molecule is COCCN(C)CCNCc1ccc(-c2ccccc2)o1. The minimum Gasteiger partial charge on any atom is -0.460 e. The van der Waals surface area contributed by atoms with E-state index in [4.69, 9.17) is 9.15 Å². The molecule has 0 spiro atoms. The van der Waals surface area contributed by atoms with E-state index in [-0.39, 0.29) is 0 Å². The van der Waals surface area contributed by atoms with Crippen LogP contribution in [0.3, 0.4) is 0 Å². The molecule has 2 aromatic rings. The third kappa shape index (κ3) is 5.34. The van der Waals surface area contributed by atoms with Crippen LogP contribution in [-0.2, 0) is 11.3 Å². The Morgan fingerprint density at radius 1 is 1.10 bits per heavy atom. The van der Waals surface area contributed by atoms with Crippen LogP contribution >= 0.6 is 0 Å². The Morgan fingerprint density at radius 2 is 1.90 bits per heavy atom. The lowest BCUT2D eigenvalue weighted by Gasteiger charge is -2.15. The van der Waals surface area contributed by atoms with E-state index in [1.54, 1.807) is 7.11 Å². The van der Waals surface area contributed by atoms with E-state index >= 15 is 0 Å². The molecule has 0 atom stereocenters. The fourth-order valence-electron chi connectivity index (χ4n) is 2.07. The molecule has 0 fully saturated rings. The van der Waals surface area contributed by atoms with Gasteiger partial charge in [-0.15, -0.1) is 0 Å².